The molecule has 4 aromatic rings. The fourth-order valence-corrected chi connectivity index (χ4v) is 3.72. The van der Waals surface area contributed by atoms with Crippen LogP contribution in [0.25, 0.3) is 16.3 Å². The van der Waals surface area contributed by atoms with Crippen LogP contribution >= 0.6 is 11.3 Å². The molecule has 2 aromatic carbocycles. The van der Waals surface area contributed by atoms with Gasteiger partial charge < -0.3 is 9.47 Å². The second-order valence-corrected chi connectivity index (χ2v) is 6.88. The van der Waals surface area contributed by atoms with E-state index in [4.69, 9.17) is 9.47 Å². The molecule has 0 N–H and O–H groups in total. The molecule has 0 fully saturated rings. The predicted octanol–water partition coefficient (Wildman–Crippen LogP) is 3.67. The smallest absolute Gasteiger partial charge is 0.235 e. The molecule has 25 heavy (non-hydrogen) atoms. The Hall–Kier alpha value is -2.93. The van der Waals surface area contributed by atoms with Gasteiger partial charge in [0.2, 0.25) is 4.96 Å². The number of rotatable bonds is 2. The number of hydrogen-bond acceptors (Lipinski definition) is 6. The molecule has 3 heterocycles. The van der Waals surface area contributed by atoms with Crippen LogP contribution in [0, 0.1) is 6.92 Å². The quantitative estimate of drug-likeness (QED) is 0.552. The topological polar surface area (TPSA) is 61.5 Å². The molecule has 1 unspecified atom stereocenters. The summed E-state index contributed by atoms with van der Waals surface area (Å²) in [5.41, 5.74) is 2.17. The lowest BCUT2D eigenvalue weighted by molar-refractivity contribution is 0.0904. The molecule has 1 aliphatic heterocycles. The Morgan fingerprint density at radius 3 is 2.84 bits per heavy atom. The molecular weight excluding hydrogens is 336 g/mol. The van der Waals surface area contributed by atoms with Crippen molar-refractivity contribution >= 4 is 16.3 Å². The lowest BCUT2D eigenvalue weighted by atomic mass is 10.1. The van der Waals surface area contributed by atoms with E-state index >= 15 is 0 Å². The Morgan fingerprint density at radius 1 is 1.08 bits per heavy atom. The zero-order chi connectivity index (χ0) is 16.8. The van der Waals surface area contributed by atoms with Crippen molar-refractivity contribution in [3.8, 4) is 22.9 Å². The third-order valence-electron chi connectivity index (χ3n) is 4.07. The zero-order valence-electron chi connectivity index (χ0n) is 13.4. The minimum Gasteiger partial charge on any atom is -0.485 e. The number of aryl methyl sites for hydroxylation is 1. The summed E-state index contributed by atoms with van der Waals surface area (Å²) < 4.78 is 13.6. The van der Waals surface area contributed by atoms with Gasteiger partial charge in [-0.15, -0.1) is 10.2 Å². The van der Waals surface area contributed by atoms with Crippen molar-refractivity contribution in [2.75, 3.05) is 6.61 Å². The predicted molar refractivity (Wildman–Crippen MR) is 94.1 cm³/mol. The average Bonchev–Trinajstić information content (AvgIpc) is 3.22. The van der Waals surface area contributed by atoms with Crippen molar-refractivity contribution in [2.24, 2.45) is 0 Å². The standard InChI is InChI=1S/C18H14N4O2S/c1-11-5-4-6-12(9-11)16-19-20-18-22(16)21-17(25-18)15-10-23-13-7-2-3-8-14(13)24-15/h2-9,15H,10H2,1H3. The number of benzene rings is 2. The molecule has 1 atom stereocenters. The molecule has 0 bridgehead atoms. The minimum absolute atomic E-state index is 0.244. The van der Waals surface area contributed by atoms with E-state index < -0.39 is 0 Å². The monoisotopic (exact) mass is 350 g/mol. The first-order chi connectivity index (χ1) is 12.3. The van der Waals surface area contributed by atoms with Crippen LogP contribution in [0.3, 0.4) is 0 Å². The molecule has 0 spiro atoms. The Bertz CT molecular complexity index is 1070. The van der Waals surface area contributed by atoms with Crippen molar-refractivity contribution in [3.05, 3.63) is 59.1 Å². The first-order valence-corrected chi connectivity index (χ1v) is 8.77. The summed E-state index contributed by atoms with van der Waals surface area (Å²) in [4.78, 5) is 0.744. The minimum atomic E-state index is -0.244. The second kappa shape index (κ2) is 5.56. The van der Waals surface area contributed by atoms with E-state index in [0.717, 1.165) is 32.9 Å². The first-order valence-electron chi connectivity index (χ1n) is 7.95. The van der Waals surface area contributed by atoms with Gasteiger partial charge in [-0.3, -0.25) is 0 Å². The molecule has 0 saturated carbocycles. The maximum atomic E-state index is 6.04. The van der Waals surface area contributed by atoms with E-state index in [1.165, 1.54) is 16.9 Å². The maximum absolute atomic E-state index is 6.04. The fraction of sp³-hybridized carbons (Fsp3) is 0.167. The number of aromatic nitrogens is 4. The Labute approximate surface area is 147 Å². The third kappa shape index (κ3) is 2.44. The lowest BCUT2D eigenvalue weighted by Gasteiger charge is -2.24. The van der Waals surface area contributed by atoms with Gasteiger partial charge in [0.25, 0.3) is 0 Å². The van der Waals surface area contributed by atoms with Gasteiger partial charge in [0.05, 0.1) is 0 Å². The fourth-order valence-electron chi connectivity index (χ4n) is 2.87. The summed E-state index contributed by atoms with van der Waals surface area (Å²) in [7, 11) is 0. The van der Waals surface area contributed by atoms with Crippen LogP contribution in [-0.4, -0.2) is 26.4 Å². The summed E-state index contributed by atoms with van der Waals surface area (Å²) in [5.74, 6) is 2.24. The van der Waals surface area contributed by atoms with Crippen LogP contribution in [-0.2, 0) is 0 Å². The van der Waals surface area contributed by atoms with Gasteiger partial charge in [-0.25, -0.2) is 0 Å². The van der Waals surface area contributed by atoms with E-state index in [0.29, 0.717) is 6.61 Å². The highest BCUT2D eigenvalue weighted by Crippen LogP contribution is 2.37. The van der Waals surface area contributed by atoms with Crippen LogP contribution in [0.15, 0.2) is 48.5 Å². The highest BCUT2D eigenvalue weighted by molar-refractivity contribution is 7.16. The van der Waals surface area contributed by atoms with E-state index in [1.807, 2.05) is 36.4 Å². The molecule has 5 rings (SSSR count). The van der Waals surface area contributed by atoms with Crippen LogP contribution in [0.5, 0.6) is 11.5 Å². The second-order valence-electron chi connectivity index (χ2n) is 5.89. The maximum Gasteiger partial charge on any atom is 0.235 e. The van der Waals surface area contributed by atoms with Gasteiger partial charge in [-0.2, -0.15) is 9.61 Å². The van der Waals surface area contributed by atoms with E-state index in [9.17, 15) is 0 Å². The van der Waals surface area contributed by atoms with Crippen molar-refractivity contribution in [1.29, 1.82) is 0 Å². The summed E-state index contributed by atoms with van der Waals surface area (Å²) in [6.45, 7) is 2.49. The molecule has 2 aromatic heterocycles. The molecule has 124 valence electrons. The lowest BCUT2D eigenvalue weighted by Crippen LogP contribution is -2.21. The first kappa shape index (κ1) is 14.4. The van der Waals surface area contributed by atoms with E-state index in [2.05, 4.69) is 34.4 Å². The number of hydrogen-bond donors (Lipinski definition) is 0. The van der Waals surface area contributed by atoms with Gasteiger partial charge in [0.15, 0.2) is 28.4 Å². The molecule has 0 saturated heterocycles. The number of fused-ring (bicyclic) bond motifs is 2. The summed E-state index contributed by atoms with van der Waals surface area (Å²) in [5, 5.41) is 14.0. The van der Waals surface area contributed by atoms with Crippen LogP contribution in [0.2, 0.25) is 0 Å². The molecule has 1 aliphatic rings. The molecular formula is C18H14N4O2S. The molecule has 6 nitrogen and oxygen atoms in total. The highest BCUT2D eigenvalue weighted by Gasteiger charge is 2.27. The van der Waals surface area contributed by atoms with Gasteiger partial charge in [-0.1, -0.05) is 47.2 Å². The Kier molecular flexibility index (Phi) is 3.21. The van der Waals surface area contributed by atoms with Gasteiger partial charge >= 0.3 is 0 Å². The van der Waals surface area contributed by atoms with Crippen LogP contribution in [0.4, 0.5) is 0 Å². The largest absolute Gasteiger partial charge is 0.485 e. The van der Waals surface area contributed by atoms with Gasteiger partial charge in [-0.05, 0) is 25.1 Å². The van der Waals surface area contributed by atoms with Crippen molar-refractivity contribution in [1.82, 2.24) is 19.8 Å². The number of para-hydroxylation sites is 2. The highest BCUT2D eigenvalue weighted by atomic mass is 32.1. The van der Waals surface area contributed by atoms with E-state index in [1.54, 1.807) is 4.52 Å². The Balaban J connectivity index is 1.52. The summed E-state index contributed by atoms with van der Waals surface area (Å²) >= 11 is 1.47. The Morgan fingerprint density at radius 2 is 1.96 bits per heavy atom. The van der Waals surface area contributed by atoms with Crippen molar-refractivity contribution in [3.63, 3.8) is 0 Å². The average molecular weight is 350 g/mol. The van der Waals surface area contributed by atoms with Crippen molar-refractivity contribution in [2.45, 2.75) is 13.0 Å². The molecule has 0 amide bonds. The summed E-state index contributed by atoms with van der Waals surface area (Å²) in [6, 6.07) is 15.8. The normalized spacial score (nSPS) is 16.3. The van der Waals surface area contributed by atoms with Gasteiger partial charge in [0.1, 0.15) is 6.61 Å². The zero-order valence-corrected chi connectivity index (χ0v) is 14.2. The van der Waals surface area contributed by atoms with Crippen molar-refractivity contribution < 1.29 is 9.47 Å². The molecule has 7 heteroatoms. The number of nitrogens with zero attached hydrogens (tertiary/aromatic N) is 4. The molecule has 0 radical (unpaired) electrons. The SMILES string of the molecule is Cc1cccc(-c2nnc3sc(C4COc5ccccc5O4)nn23)c1. The molecule has 0 aliphatic carbocycles. The van der Waals surface area contributed by atoms with Crippen LogP contribution in [0.1, 0.15) is 16.7 Å². The van der Waals surface area contributed by atoms with Crippen LogP contribution < -0.4 is 9.47 Å². The van der Waals surface area contributed by atoms with E-state index in [-0.39, 0.29) is 6.10 Å². The van der Waals surface area contributed by atoms with Gasteiger partial charge in [0, 0.05) is 5.56 Å². The summed E-state index contributed by atoms with van der Waals surface area (Å²) in [6.07, 6.45) is -0.244. The third-order valence-corrected chi connectivity index (χ3v) is 5.06. The number of ether oxygens (including phenoxy) is 2.